The van der Waals surface area contributed by atoms with E-state index in [-0.39, 0.29) is 47.7 Å². The van der Waals surface area contributed by atoms with Crippen LogP contribution in [-0.2, 0) is 38.3 Å². The first-order valence-corrected chi connectivity index (χ1v) is 8.94. The smallest absolute Gasteiger partial charge is 4.00 e. The van der Waals surface area contributed by atoms with Crippen LogP contribution in [-0.4, -0.2) is 59.8 Å². The summed E-state index contributed by atoms with van der Waals surface area (Å²) in [4.78, 5) is 0. The van der Waals surface area contributed by atoms with E-state index in [0.29, 0.717) is 0 Å². The zero-order valence-electron chi connectivity index (χ0n) is 6.58. The van der Waals surface area contributed by atoms with Crippen LogP contribution in [0.25, 0.3) is 0 Å². The normalized spacial score (nSPS) is 7.73. The topological polar surface area (TPSA) is 287 Å². The monoisotopic (exact) mass is 640 g/mol. The van der Waals surface area contributed by atoms with E-state index < -0.39 is 37.9 Å². The van der Waals surface area contributed by atoms with Gasteiger partial charge in [-0.2, -0.15) is 0 Å². The zero-order chi connectivity index (χ0) is 9.00. The molecule has 0 rings (SSSR count). The fraction of sp³-hybridized carbons (Fsp3) is 0. The molecule has 0 saturated heterocycles. The predicted octanol–water partition coefficient (Wildman–Crippen LogP) is -9.29. The van der Waals surface area contributed by atoms with E-state index in [9.17, 15) is 0 Å². The second-order valence-electron chi connectivity index (χ2n) is 0.816. The van der Waals surface area contributed by atoms with Gasteiger partial charge in [0, 0.05) is 0 Å². The molecule has 12 nitrogen and oxygen atoms in total. The second kappa shape index (κ2) is 17.7. The molecule has 0 unspecified atom stereocenters. The molecular formula is H8HfO12Te2. The van der Waals surface area contributed by atoms with Gasteiger partial charge < -0.3 is 21.9 Å². The third-order valence-electron chi connectivity index (χ3n) is 0. The summed E-state index contributed by atoms with van der Waals surface area (Å²) in [6, 6.07) is 0. The van der Waals surface area contributed by atoms with Gasteiger partial charge in [-0.3, -0.25) is 0 Å². The van der Waals surface area contributed by atoms with Crippen LogP contribution < -0.4 is 13.9 Å². The Hall–Kier alpha value is 1.33. The first-order chi connectivity index (χ1) is 4.00. The van der Waals surface area contributed by atoms with Gasteiger partial charge in [0.2, 0.25) is 0 Å². The van der Waals surface area contributed by atoms with E-state index >= 15 is 0 Å². The molecule has 8 N–H and O–H groups in total. The molecule has 0 aromatic carbocycles. The summed E-state index contributed by atoms with van der Waals surface area (Å²) in [6.07, 6.45) is 0. The van der Waals surface area contributed by atoms with Gasteiger partial charge in [-0.25, -0.2) is 0 Å². The van der Waals surface area contributed by atoms with Crippen LogP contribution in [0.3, 0.4) is 0 Å². The summed E-state index contributed by atoms with van der Waals surface area (Å²) in [5.41, 5.74) is 0. The van der Waals surface area contributed by atoms with Crippen molar-refractivity contribution in [3.63, 3.8) is 0 Å². The molecule has 15 heteroatoms. The second-order valence-corrected chi connectivity index (χ2v) is 5.48. The third-order valence-corrected chi connectivity index (χ3v) is 0. The maximum atomic E-state index is 8.63. The van der Waals surface area contributed by atoms with Crippen molar-refractivity contribution in [2.45, 2.75) is 0 Å². The summed E-state index contributed by atoms with van der Waals surface area (Å²) >= 11 is -12.0. The first kappa shape index (κ1) is 44.1. The minimum Gasteiger partial charge on any atom is 4.00 e. The number of rotatable bonds is 0. The molecule has 96 valence electrons. The van der Waals surface area contributed by atoms with Gasteiger partial charge in [-0.15, -0.1) is 0 Å². The van der Waals surface area contributed by atoms with E-state index in [4.69, 9.17) is 26.3 Å². The zero-order valence-corrected chi connectivity index (χ0v) is 14.8. The fourth-order valence-electron chi connectivity index (χ4n) is 0. The molecular weight excluding hydrogens is 626 g/mol. The third kappa shape index (κ3) is 1540. The quantitative estimate of drug-likeness (QED) is 0.230. The minimum atomic E-state index is -6.02. The van der Waals surface area contributed by atoms with E-state index in [1.54, 1.807) is 0 Å². The molecule has 0 bridgehead atoms. The summed E-state index contributed by atoms with van der Waals surface area (Å²) < 4.78 is 69.0. The van der Waals surface area contributed by atoms with Crippen molar-refractivity contribution in [1.29, 1.82) is 0 Å². The largest absolute Gasteiger partial charge is 4.00 e. The predicted molar refractivity (Wildman–Crippen MR) is 28.7 cm³/mol. The minimum absolute atomic E-state index is 0. The Morgan fingerprint density at radius 2 is 0.533 bits per heavy atom. The van der Waals surface area contributed by atoms with E-state index in [1.165, 1.54) is 0 Å². The van der Waals surface area contributed by atoms with Gasteiger partial charge in [-0.05, 0) is 0 Å². The molecule has 0 radical (unpaired) electrons. The maximum absolute atomic E-state index is 8.63. The van der Waals surface area contributed by atoms with Crippen LogP contribution >= 0.6 is 0 Å². The van der Waals surface area contributed by atoms with Crippen molar-refractivity contribution in [3.8, 4) is 0 Å². The molecule has 0 atom stereocenters. The Morgan fingerprint density at radius 3 is 0.533 bits per heavy atom. The first-order valence-electron chi connectivity index (χ1n) is 1.33. The molecule has 0 aliphatic rings. The van der Waals surface area contributed by atoms with Crippen molar-refractivity contribution in [1.82, 2.24) is 0 Å². The van der Waals surface area contributed by atoms with Crippen LogP contribution in [0.2, 0.25) is 0 Å². The number of hydrogen-bond acceptors (Lipinski definition) is 8. The Bertz CT molecular complexity index is 210. The van der Waals surface area contributed by atoms with Crippen LogP contribution in [0.1, 0.15) is 0 Å². The molecule has 0 fully saturated rings. The van der Waals surface area contributed by atoms with E-state index in [1.807, 2.05) is 0 Å². The molecule has 15 heavy (non-hydrogen) atoms. The Balaban J connectivity index is -0.0000000128. The van der Waals surface area contributed by atoms with Gasteiger partial charge >= 0.3 is 90.1 Å². The van der Waals surface area contributed by atoms with Crippen LogP contribution in [0.15, 0.2) is 0 Å². The average Bonchev–Trinajstić information content (AvgIpc) is 1.12. The van der Waals surface area contributed by atoms with Crippen molar-refractivity contribution >= 4 is 37.9 Å². The molecule has 0 aromatic heterocycles. The van der Waals surface area contributed by atoms with Crippen LogP contribution in [0, 0.1) is 0 Å². The van der Waals surface area contributed by atoms with Gasteiger partial charge in [0.15, 0.2) is 0 Å². The standard InChI is InChI=1S/Hf.2H2O4Te.4H2O/c;2*1-5(2,3)4;;;;/h;2*(H2,1,2,3,4);4*1H2/q+4;;;;;;/p-4. The van der Waals surface area contributed by atoms with Crippen molar-refractivity contribution in [3.05, 3.63) is 0 Å². The van der Waals surface area contributed by atoms with Crippen LogP contribution in [0.5, 0.6) is 0 Å². The average molecular weight is 634 g/mol. The van der Waals surface area contributed by atoms with Crippen molar-refractivity contribution < 1.29 is 74.0 Å². The Kier molecular flexibility index (Phi) is 52.1. The van der Waals surface area contributed by atoms with E-state index in [0.717, 1.165) is 0 Å². The molecule has 0 aliphatic carbocycles. The van der Waals surface area contributed by atoms with Gasteiger partial charge in [-0.1, -0.05) is 0 Å². The van der Waals surface area contributed by atoms with Gasteiger partial charge in [0.25, 0.3) is 0 Å². The summed E-state index contributed by atoms with van der Waals surface area (Å²) in [6.45, 7) is 0. The number of hydrogen-bond donors (Lipinski definition) is 0. The Labute approximate surface area is 111 Å². The summed E-state index contributed by atoms with van der Waals surface area (Å²) in [5.74, 6) is 0. The SMILES string of the molecule is O.O.O.O.O=[Te](=O)([O-])[O-].O=[Te](=O)([O-])[O-].[Hf+4]. The van der Waals surface area contributed by atoms with Gasteiger partial charge in [0.1, 0.15) is 0 Å². The van der Waals surface area contributed by atoms with Crippen molar-refractivity contribution in [2.75, 3.05) is 0 Å². The summed E-state index contributed by atoms with van der Waals surface area (Å²) in [7, 11) is 0. The van der Waals surface area contributed by atoms with Gasteiger partial charge in [0.05, 0.1) is 0 Å². The Morgan fingerprint density at radius 1 is 0.533 bits per heavy atom. The fourth-order valence-corrected chi connectivity index (χ4v) is 0. The summed E-state index contributed by atoms with van der Waals surface area (Å²) in [5, 5.41) is 0. The molecule has 0 aromatic rings. The van der Waals surface area contributed by atoms with Crippen molar-refractivity contribution in [2.24, 2.45) is 0 Å². The van der Waals surface area contributed by atoms with E-state index in [2.05, 4.69) is 0 Å². The van der Waals surface area contributed by atoms with Crippen LogP contribution in [0.4, 0.5) is 0 Å². The maximum Gasteiger partial charge on any atom is 4.00 e. The molecule has 0 spiro atoms. The molecule has 0 saturated carbocycles. The molecule has 0 amide bonds. The molecule has 0 aliphatic heterocycles. The molecule has 0 heterocycles.